The Morgan fingerprint density at radius 3 is 2.80 bits per heavy atom. The highest BCUT2D eigenvalue weighted by Crippen LogP contribution is 2.25. The largest absolute Gasteiger partial charge is 0.384 e. The number of aryl methyl sites for hydroxylation is 1. The summed E-state index contributed by atoms with van der Waals surface area (Å²) < 4.78 is 6.80. The third-order valence-corrected chi connectivity index (χ3v) is 2.69. The first-order chi connectivity index (χ1) is 7.06. The van der Waals surface area contributed by atoms with Crippen molar-refractivity contribution in [2.75, 3.05) is 13.7 Å². The maximum absolute atomic E-state index is 6.07. The van der Waals surface area contributed by atoms with E-state index in [2.05, 4.69) is 12.0 Å². The average molecular weight is 232 g/mol. The first-order valence-electron chi connectivity index (χ1n) is 4.98. The fourth-order valence-electron chi connectivity index (χ4n) is 1.73. The van der Waals surface area contributed by atoms with Crippen LogP contribution in [0.1, 0.15) is 25.1 Å². The molecule has 0 radical (unpaired) electrons. The highest BCUT2D eigenvalue weighted by atomic mass is 35.5. The van der Waals surface area contributed by atoms with Crippen molar-refractivity contribution in [1.82, 2.24) is 9.78 Å². The molecule has 1 aromatic heterocycles. The number of aromatic nitrogens is 2. The van der Waals surface area contributed by atoms with Gasteiger partial charge in [0.15, 0.2) is 0 Å². The van der Waals surface area contributed by atoms with E-state index in [1.54, 1.807) is 18.0 Å². The monoisotopic (exact) mass is 231 g/mol. The van der Waals surface area contributed by atoms with Gasteiger partial charge in [0.25, 0.3) is 0 Å². The lowest BCUT2D eigenvalue weighted by atomic mass is 10.0. The van der Waals surface area contributed by atoms with Gasteiger partial charge in [0.05, 0.1) is 16.9 Å². The molecule has 0 saturated carbocycles. The molecule has 0 saturated heterocycles. The van der Waals surface area contributed by atoms with Crippen LogP contribution in [0.15, 0.2) is 6.20 Å². The Labute approximate surface area is 95.3 Å². The lowest BCUT2D eigenvalue weighted by Crippen LogP contribution is -2.19. The Kier molecular flexibility index (Phi) is 4.57. The molecule has 4 nitrogen and oxygen atoms in total. The van der Waals surface area contributed by atoms with Gasteiger partial charge in [-0.1, -0.05) is 18.5 Å². The molecule has 0 aliphatic carbocycles. The molecule has 0 fully saturated rings. The van der Waals surface area contributed by atoms with Crippen LogP contribution in [-0.2, 0) is 11.8 Å². The molecule has 2 N–H and O–H groups in total. The van der Waals surface area contributed by atoms with E-state index in [-0.39, 0.29) is 6.04 Å². The molecule has 15 heavy (non-hydrogen) atoms. The number of hydrogen-bond donors (Lipinski definition) is 1. The van der Waals surface area contributed by atoms with E-state index in [1.807, 2.05) is 7.05 Å². The number of ether oxygens (including phenoxy) is 1. The van der Waals surface area contributed by atoms with Crippen molar-refractivity contribution in [2.45, 2.75) is 19.4 Å². The third kappa shape index (κ3) is 3.19. The number of nitrogens with zero attached hydrogens (tertiary/aromatic N) is 2. The maximum atomic E-state index is 6.07. The Balaban J connectivity index is 2.64. The predicted molar refractivity (Wildman–Crippen MR) is 60.8 cm³/mol. The molecule has 5 heteroatoms. The molecule has 0 aromatic carbocycles. The molecule has 0 spiro atoms. The maximum Gasteiger partial charge on any atom is 0.0833 e. The van der Waals surface area contributed by atoms with Crippen LogP contribution >= 0.6 is 11.6 Å². The third-order valence-electron chi connectivity index (χ3n) is 2.40. The number of nitrogens with two attached hydrogens (primary N) is 1. The highest BCUT2D eigenvalue weighted by Gasteiger charge is 2.17. The molecule has 2 atom stereocenters. The summed E-state index contributed by atoms with van der Waals surface area (Å²) in [6.07, 6.45) is 2.46. The number of rotatable bonds is 5. The molecular formula is C10H18ClN3O. The molecule has 1 heterocycles. The van der Waals surface area contributed by atoms with E-state index < -0.39 is 0 Å². The zero-order valence-electron chi connectivity index (χ0n) is 9.40. The lowest BCUT2D eigenvalue weighted by Gasteiger charge is -2.17. The first-order valence-corrected chi connectivity index (χ1v) is 5.36. The normalized spacial score (nSPS) is 15.3. The van der Waals surface area contributed by atoms with Crippen molar-refractivity contribution in [2.24, 2.45) is 18.7 Å². The minimum atomic E-state index is -0.0878. The van der Waals surface area contributed by atoms with Gasteiger partial charge in [-0.3, -0.25) is 4.68 Å². The summed E-state index contributed by atoms with van der Waals surface area (Å²) in [6, 6.07) is -0.0878. The van der Waals surface area contributed by atoms with Gasteiger partial charge in [0.1, 0.15) is 0 Å². The minimum absolute atomic E-state index is 0.0878. The Bertz CT molecular complexity index is 294. The smallest absolute Gasteiger partial charge is 0.0833 e. The van der Waals surface area contributed by atoms with Gasteiger partial charge in [-0.25, -0.2) is 0 Å². The number of hydrogen-bond acceptors (Lipinski definition) is 3. The van der Waals surface area contributed by atoms with Crippen LogP contribution in [0.3, 0.4) is 0 Å². The van der Waals surface area contributed by atoms with Crippen LogP contribution in [0.4, 0.5) is 0 Å². The standard InChI is InChI=1S/C10H18ClN3O/c1-7(6-15-3)4-9(12)10-8(11)5-13-14(10)2/h5,7,9H,4,6,12H2,1-3H3. The zero-order chi connectivity index (χ0) is 11.4. The van der Waals surface area contributed by atoms with Crippen molar-refractivity contribution in [1.29, 1.82) is 0 Å². The quantitative estimate of drug-likeness (QED) is 0.840. The average Bonchev–Trinajstić information content (AvgIpc) is 2.46. The molecule has 2 unspecified atom stereocenters. The number of halogens is 1. The Morgan fingerprint density at radius 2 is 2.33 bits per heavy atom. The fourth-order valence-corrected chi connectivity index (χ4v) is 2.04. The Hall–Kier alpha value is -0.580. The van der Waals surface area contributed by atoms with Crippen LogP contribution in [0.2, 0.25) is 5.02 Å². The molecule has 86 valence electrons. The van der Waals surface area contributed by atoms with Crippen molar-refractivity contribution in [3.05, 3.63) is 16.9 Å². The first kappa shape index (κ1) is 12.5. The van der Waals surface area contributed by atoms with E-state index >= 15 is 0 Å². The SMILES string of the molecule is COCC(C)CC(N)c1c(Cl)cnn1C. The van der Waals surface area contributed by atoms with Gasteiger partial charge in [-0.2, -0.15) is 5.10 Å². The van der Waals surface area contributed by atoms with Crippen molar-refractivity contribution >= 4 is 11.6 Å². The summed E-state index contributed by atoms with van der Waals surface area (Å²) in [5, 5.41) is 4.70. The predicted octanol–water partition coefficient (Wildman–Crippen LogP) is 1.75. The van der Waals surface area contributed by atoms with Crippen LogP contribution in [0.25, 0.3) is 0 Å². The van der Waals surface area contributed by atoms with E-state index in [4.69, 9.17) is 22.1 Å². The van der Waals surface area contributed by atoms with E-state index in [1.165, 1.54) is 0 Å². The fraction of sp³-hybridized carbons (Fsp3) is 0.700. The van der Waals surface area contributed by atoms with Gasteiger partial charge < -0.3 is 10.5 Å². The van der Waals surface area contributed by atoms with E-state index in [0.29, 0.717) is 17.5 Å². The molecule has 1 rings (SSSR count). The highest BCUT2D eigenvalue weighted by molar-refractivity contribution is 6.31. The van der Waals surface area contributed by atoms with Crippen molar-refractivity contribution in [3.63, 3.8) is 0 Å². The minimum Gasteiger partial charge on any atom is -0.384 e. The Morgan fingerprint density at radius 1 is 1.67 bits per heavy atom. The summed E-state index contributed by atoms with van der Waals surface area (Å²) in [6.45, 7) is 2.82. The van der Waals surface area contributed by atoms with Crippen molar-refractivity contribution < 1.29 is 4.74 Å². The summed E-state index contributed by atoms with van der Waals surface area (Å²) >= 11 is 6.01. The van der Waals surface area contributed by atoms with Crippen LogP contribution in [0, 0.1) is 5.92 Å². The van der Waals surface area contributed by atoms with Gasteiger partial charge in [-0.15, -0.1) is 0 Å². The van der Waals surface area contributed by atoms with Crippen LogP contribution in [-0.4, -0.2) is 23.5 Å². The second kappa shape index (κ2) is 5.49. The second-order valence-electron chi connectivity index (χ2n) is 3.90. The molecule has 0 amide bonds. The second-order valence-corrected chi connectivity index (χ2v) is 4.31. The molecule has 0 aliphatic rings. The van der Waals surface area contributed by atoms with Crippen LogP contribution < -0.4 is 5.73 Å². The summed E-state index contributed by atoms with van der Waals surface area (Å²) in [5.41, 5.74) is 6.96. The van der Waals surface area contributed by atoms with E-state index in [9.17, 15) is 0 Å². The van der Waals surface area contributed by atoms with Gasteiger partial charge in [0.2, 0.25) is 0 Å². The van der Waals surface area contributed by atoms with Crippen molar-refractivity contribution in [3.8, 4) is 0 Å². The summed E-state index contributed by atoms with van der Waals surface area (Å²) in [7, 11) is 3.54. The van der Waals surface area contributed by atoms with Gasteiger partial charge in [0, 0.05) is 26.8 Å². The molecule has 0 bridgehead atoms. The topological polar surface area (TPSA) is 53.1 Å². The lowest BCUT2D eigenvalue weighted by molar-refractivity contribution is 0.151. The zero-order valence-corrected chi connectivity index (χ0v) is 10.2. The molecule has 1 aromatic rings. The van der Waals surface area contributed by atoms with Crippen LogP contribution in [0.5, 0.6) is 0 Å². The summed E-state index contributed by atoms with van der Waals surface area (Å²) in [4.78, 5) is 0. The summed E-state index contributed by atoms with van der Waals surface area (Å²) in [5.74, 6) is 0.413. The van der Waals surface area contributed by atoms with Gasteiger partial charge >= 0.3 is 0 Å². The molecule has 0 aliphatic heterocycles. The number of methoxy groups -OCH3 is 1. The molecular weight excluding hydrogens is 214 g/mol. The van der Waals surface area contributed by atoms with Gasteiger partial charge in [-0.05, 0) is 12.3 Å². The van der Waals surface area contributed by atoms with E-state index in [0.717, 1.165) is 12.1 Å².